The van der Waals surface area contributed by atoms with Crippen LogP contribution in [0.5, 0.6) is 0 Å². The van der Waals surface area contributed by atoms with Crippen LogP contribution >= 0.6 is 0 Å². The number of H-pyrrole nitrogens is 2. The van der Waals surface area contributed by atoms with Gasteiger partial charge in [0.2, 0.25) is 5.69 Å². The summed E-state index contributed by atoms with van der Waals surface area (Å²) in [6, 6.07) is 0. The van der Waals surface area contributed by atoms with Crippen molar-refractivity contribution in [3.63, 3.8) is 0 Å². The van der Waals surface area contributed by atoms with Crippen molar-refractivity contribution in [2.75, 3.05) is 13.1 Å². The lowest BCUT2D eigenvalue weighted by molar-refractivity contribution is 0.0755. The molecule has 110 valence electrons. The van der Waals surface area contributed by atoms with E-state index in [0.717, 1.165) is 0 Å². The minimum absolute atomic E-state index is 0.101. The summed E-state index contributed by atoms with van der Waals surface area (Å²) in [6.07, 6.45) is 5.71. The number of hydrogen-bond acceptors (Lipinski definition) is 4. The van der Waals surface area contributed by atoms with Crippen molar-refractivity contribution in [1.82, 2.24) is 20.1 Å². The molecule has 2 heterocycles. The van der Waals surface area contributed by atoms with Crippen molar-refractivity contribution < 1.29 is 4.79 Å². The second-order valence-corrected chi connectivity index (χ2v) is 6.54. The second kappa shape index (κ2) is 3.93. The Kier molecular flexibility index (Phi) is 2.35. The van der Waals surface area contributed by atoms with Gasteiger partial charge in [-0.15, -0.1) is 0 Å². The zero-order valence-electron chi connectivity index (χ0n) is 11.6. The first kappa shape index (κ1) is 12.6. The largest absolute Gasteiger partial charge is 0.342 e. The number of nitrogens with one attached hydrogen (secondary N) is 2. The van der Waals surface area contributed by atoms with Gasteiger partial charge < -0.3 is 4.90 Å². The van der Waals surface area contributed by atoms with Crippen LogP contribution in [0.25, 0.3) is 0 Å². The smallest absolute Gasteiger partial charge is 0.336 e. The lowest BCUT2D eigenvalue weighted by Gasteiger charge is -2.31. The summed E-state index contributed by atoms with van der Waals surface area (Å²) >= 11 is 0. The molecular formula is C14H16N4O3. The van der Waals surface area contributed by atoms with E-state index in [9.17, 15) is 14.4 Å². The molecule has 2 N–H and O–H groups in total. The van der Waals surface area contributed by atoms with E-state index in [4.69, 9.17) is 0 Å². The van der Waals surface area contributed by atoms with Crippen LogP contribution in [0, 0.1) is 23.2 Å². The predicted molar refractivity (Wildman–Crippen MR) is 73.7 cm³/mol. The Bertz CT molecular complexity index is 764. The number of fused-ring (bicyclic) bond motifs is 5. The number of amides is 1. The van der Waals surface area contributed by atoms with Gasteiger partial charge in [0.15, 0.2) is 0 Å². The summed E-state index contributed by atoms with van der Waals surface area (Å²) in [4.78, 5) is 38.9. The molecule has 3 aliphatic rings. The van der Waals surface area contributed by atoms with Gasteiger partial charge in [0.25, 0.3) is 11.5 Å². The summed E-state index contributed by atoms with van der Waals surface area (Å²) in [7, 11) is 0. The zero-order chi connectivity index (χ0) is 14.8. The van der Waals surface area contributed by atoms with Gasteiger partial charge in [0.1, 0.15) is 0 Å². The Labute approximate surface area is 120 Å². The van der Waals surface area contributed by atoms with Gasteiger partial charge in [0.05, 0.1) is 0 Å². The number of carbonyl (C=O) groups excluding carboxylic acids is 1. The summed E-state index contributed by atoms with van der Waals surface area (Å²) in [5.41, 5.74) is -1.57. The molecule has 1 saturated carbocycles. The average Bonchev–Trinajstić information content (AvgIpc) is 3.08. The van der Waals surface area contributed by atoms with Crippen LogP contribution in [0.3, 0.4) is 0 Å². The predicted octanol–water partition coefficient (Wildman–Crippen LogP) is -0.258. The molecule has 21 heavy (non-hydrogen) atoms. The van der Waals surface area contributed by atoms with Gasteiger partial charge in [-0.1, -0.05) is 19.1 Å². The van der Waals surface area contributed by atoms with E-state index in [2.05, 4.69) is 29.3 Å². The van der Waals surface area contributed by atoms with Gasteiger partial charge in [-0.2, -0.15) is 5.10 Å². The van der Waals surface area contributed by atoms with Gasteiger partial charge >= 0.3 is 5.69 Å². The van der Waals surface area contributed by atoms with Crippen molar-refractivity contribution in [2.45, 2.75) is 13.3 Å². The SMILES string of the molecule is C[C@]12CN(C(=O)c3n[nH]c(=O)[nH]c3=O)C[C@H]1[C@H]1C=C[C@@H]2C1. The Morgan fingerprint density at radius 3 is 2.95 bits per heavy atom. The molecule has 2 aliphatic carbocycles. The third-order valence-corrected chi connectivity index (χ3v) is 5.48. The average molecular weight is 288 g/mol. The van der Waals surface area contributed by atoms with Crippen LogP contribution in [0.2, 0.25) is 0 Å². The maximum atomic E-state index is 12.5. The van der Waals surface area contributed by atoms with Crippen LogP contribution in [0.1, 0.15) is 23.8 Å². The van der Waals surface area contributed by atoms with Gasteiger partial charge in [0, 0.05) is 13.1 Å². The number of likely N-dealkylation sites (tertiary alicyclic amines) is 1. The van der Waals surface area contributed by atoms with Crippen LogP contribution < -0.4 is 11.2 Å². The number of aromatic nitrogens is 3. The Hall–Kier alpha value is -2.18. The van der Waals surface area contributed by atoms with Crippen LogP contribution in [0.15, 0.2) is 21.7 Å². The minimum atomic E-state index is -0.730. The van der Waals surface area contributed by atoms with E-state index < -0.39 is 17.2 Å². The Morgan fingerprint density at radius 1 is 1.43 bits per heavy atom. The highest BCUT2D eigenvalue weighted by molar-refractivity contribution is 5.92. The van der Waals surface area contributed by atoms with E-state index in [0.29, 0.717) is 30.8 Å². The first-order chi connectivity index (χ1) is 9.99. The second-order valence-electron chi connectivity index (χ2n) is 6.54. The number of allylic oxidation sites excluding steroid dienone is 2. The van der Waals surface area contributed by atoms with Gasteiger partial charge in [-0.25, -0.2) is 9.89 Å². The van der Waals surface area contributed by atoms with Crippen molar-refractivity contribution in [3.8, 4) is 0 Å². The molecule has 0 spiro atoms. The quantitative estimate of drug-likeness (QED) is 0.696. The van der Waals surface area contributed by atoms with Crippen molar-refractivity contribution >= 4 is 5.91 Å². The highest BCUT2D eigenvalue weighted by atomic mass is 16.2. The molecule has 1 amide bonds. The Morgan fingerprint density at radius 2 is 2.24 bits per heavy atom. The molecule has 4 rings (SSSR count). The van der Waals surface area contributed by atoms with E-state index in [-0.39, 0.29) is 11.1 Å². The fourth-order valence-corrected chi connectivity index (χ4v) is 4.37. The van der Waals surface area contributed by atoms with Gasteiger partial charge in [-0.05, 0) is 29.6 Å². The molecule has 1 aliphatic heterocycles. The summed E-state index contributed by atoms with van der Waals surface area (Å²) in [5, 5.41) is 5.72. The molecule has 7 heteroatoms. The number of rotatable bonds is 1. The first-order valence-electron chi connectivity index (χ1n) is 7.15. The number of carbonyl (C=O) groups is 1. The van der Waals surface area contributed by atoms with E-state index >= 15 is 0 Å². The molecule has 2 bridgehead atoms. The molecule has 1 saturated heterocycles. The monoisotopic (exact) mass is 288 g/mol. The number of nitrogens with zero attached hydrogens (tertiary/aromatic N) is 2. The van der Waals surface area contributed by atoms with Crippen LogP contribution in [-0.2, 0) is 0 Å². The maximum Gasteiger partial charge on any atom is 0.342 e. The van der Waals surface area contributed by atoms with Crippen LogP contribution in [0.4, 0.5) is 0 Å². The minimum Gasteiger partial charge on any atom is -0.336 e. The first-order valence-corrected chi connectivity index (χ1v) is 7.15. The molecule has 1 aromatic rings. The fraction of sp³-hybridized carbons (Fsp3) is 0.571. The molecular weight excluding hydrogens is 272 g/mol. The topological polar surface area (TPSA) is 98.9 Å². The molecule has 0 radical (unpaired) electrons. The summed E-state index contributed by atoms with van der Waals surface area (Å²) in [6.45, 7) is 3.52. The van der Waals surface area contributed by atoms with Crippen LogP contribution in [-0.4, -0.2) is 39.1 Å². The molecule has 7 nitrogen and oxygen atoms in total. The third kappa shape index (κ3) is 1.60. The molecule has 1 aromatic heterocycles. The zero-order valence-corrected chi connectivity index (χ0v) is 11.6. The highest BCUT2D eigenvalue weighted by Crippen LogP contribution is 2.59. The molecule has 0 unspecified atom stereocenters. The van der Waals surface area contributed by atoms with E-state index in [1.807, 2.05) is 4.98 Å². The third-order valence-electron chi connectivity index (χ3n) is 5.48. The molecule has 2 fully saturated rings. The molecule has 0 aromatic carbocycles. The lowest BCUT2D eigenvalue weighted by atomic mass is 9.72. The lowest BCUT2D eigenvalue weighted by Crippen LogP contribution is -2.39. The van der Waals surface area contributed by atoms with E-state index in [1.54, 1.807) is 4.90 Å². The molecule has 4 atom stereocenters. The number of aromatic amines is 2. The van der Waals surface area contributed by atoms with E-state index in [1.165, 1.54) is 6.42 Å². The maximum absolute atomic E-state index is 12.5. The van der Waals surface area contributed by atoms with Gasteiger partial charge in [-0.3, -0.25) is 14.6 Å². The summed E-state index contributed by atoms with van der Waals surface area (Å²) < 4.78 is 0. The standard InChI is InChI=1S/C14H16N4O3/c1-14-6-18(5-9(14)7-2-3-8(14)4-7)12(20)10-11(19)15-13(21)17-16-10/h2-3,7-9H,4-6H2,1H3,(H2,15,17,19,21)/t7-,8+,9-,14+/m0/s1. The van der Waals surface area contributed by atoms with Crippen molar-refractivity contribution in [1.29, 1.82) is 0 Å². The number of hydrogen-bond donors (Lipinski definition) is 2. The fourth-order valence-electron chi connectivity index (χ4n) is 4.37. The van der Waals surface area contributed by atoms with Crippen molar-refractivity contribution in [2.24, 2.45) is 23.2 Å². The van der Waals surface area contributed by atoms with Crippen molar-refractivity contribution in [3.05, 3.63) is 38.7 Å². The summed E-state index contributed by atoms with van der Waals surface area (Å²) in [5.74, 6) is 1.12. The Balaban J connectivity index is 1.63. The highest BCUT2D eigenvalue weighted by Gasteiger charge is 2.58. The normalized spacial score (nSPS) is 36.2.